The van der Waals surface area contributed by atoms with Crippen molar-refractivity contribution >= 4 is 45.4 Å². The van der Waals surface area contributed by atoms with E-state index in [1.54, 1.807) is 11.8 Å². The Morgan fingerprint density at radius 2 is 2.09 bits per heavy atom. The number of benzene rings is 1. The van der Waals surface area contributed by atoms with Gasteiger partial charge in [-0.05, 0) is 30.5 Å². The van der Waals surface area contributed by atoms with Crippen LogP contribution in [-0.4, -0.2) is 29.2 Å². The lowest BCUT2D eigenvalue weighted by Crippen LogP contribution is -2.28. The van der Waals surface area contributed by atoms with Crippen LogP contribution in [0.1, 0.15) is 37.7 Å². The molecule has 1 aliphatic rings. The summed E-state index contributed by atoms with van der Waals surface area (Å²) in [6, 6.07) is 8.25. The van der Waals surface area contributed by atoms with Gasteiger partial charge in [0.1, 0.15) is 0 Å². The molecule has 1 N–H and O–H groups in total. The molecule has 0 heterocycles. The molecule has 2 nitrogen and oxygen atoms in total. The second-order valence-electron chi connectivity index (χ2n) is 5.60. The molecule has 0 aliphatic heterocycles. The molecule has 1 aromatic rings. The Morgan fingerprint density at radius 3 is 2.86 bits per heavy atom. The van der Waals surface area contributed by atoms with E-state index in [1.165, 1.54) is 37.7 Å². The van der Waals surface area contributed by atoms with E-state index in [-0.39, 0.29) is 5.91 Å². The van der Waals surface area contributed by atoms with E-state index in [9.17, 15) is 4.79 Å². The van der Waals surface area contributed by atoms with Crippen molar-refractivity contribution in [2.75, 3.05) is 18.1 Å². The maximum Gasteiger partial charge on any atom is 0.230 e. The topological polar surface area (TPSA) is 29.1 Å². The number of nitrogens with one attached hydrogen (secondary N) is 1. The zero-order valence-electron chi connectivity index (χ0n) is 12.9. The summed E-state index contributed by atoms with van der Waals surface area (Å²) in [5, 5.41) is 3.86. The van der Waals surface area contributed by atoms with Crippen molar-refractivity contribution < 1.29 is 4.79 Å². The molecule has 2 rings (SSSR count). The van der Waals surface area contributed by atoms with Gasteiger partial charge in [-0.2, -0.15) is 11.8 Å². The third-order valence-electron chi connectivity index (χ3n) is 3.72. The summed E-state index contributed by atoms with van der Waals surface area (Å²) < 4.78 is 1.09. The Bertz CT molecular complexity index is 464. The van der Waals surface area contributed by atoms with Gasteiger partial charge in [-0.25, -0.2) is 0 Å². The van der Waals surface area contributed by atoms with Gasteiger partial charge in [-0.1, -0.05) is 47.3 Å². The van der Waals surface area contributed by atoms with E-state index in [2.05, 4.69) is 33.4 Å². The number of carbonyl (C=O) groups is 1. The van der Waals surface area contributed by atoms with Gasteiger partial charge in [0.15, 0.2) is 0 Å². The Labute approximate surface area is 150 Å². The minimum atomic E-state index is 0.157. The molecule has 1 aliphatic carbocycles. The first kappa shape index (κ1) is 18.2. The van der Waals surface area contributed by atoms with Crippen LogP contribution in [0.15, 0.2) is 28.7 Å². The number of hydrogen-bond donors (Lipinski definition) is 1. The van der Waals surface area contributed by atoms with E-state index in [4.69, 9.17) is 0 Å². The fourth-order valence-electron chi connectivity index (χ4n) is 2.59. The van der Waals surface area contributed by atoms with Gasteiger partial charge in [0.2, 0.25) is 5.91 Å². The zero-order valence-corrected chi connectivity index (χ0v) is 16.1. The Kier molecular flexibility index (Phi) is 8.78. The summed E-state index contributed by atoms with van der Waals surface area (Å²) in [4.78, 5) is 11.8. The minimum absolute atomic E-state index is 0.157. The van der Waals surface area contributed by atoms with Crippen LogP contribution in [0.2, 0.25) is 0 Å². The predicted molar refractivity (Wildman–Crippen MR) is 103 cm³/mol. The molecule has 1 saturated carbocycles. The van der Waals surface area contributed by atoms with Crippen LogP contribution in [0.5, 0.6) is 0 Å². The van der Waals surface area contributed by atoms with Gasteiger partial charge in [0, 0.05) is 27.8 Å². The fraction of sp³-hybridized carbons (Fsp3) is 0.588. The molecule has 0 aromatic heterocycles. The molecule has 0 bridgehead atoms. The second-order valence-corrected chi connectivity index (χ2v) is 8.91. The van der Waals surface area contributed by atoms with Crippen molar-refractivity contribution in [2.45, 2.75) is 43.1 Å². The summed E-state index contributed by atoms with van der Waals surface area (Å²) in [7, 11) is 0. The molecule has 0 saturated heterocycles. The third-order valence-corrected chi connectivity index (χ3v) is 6.60. The Hall–Kier alpha value is -0.130. The monoisotopic (exact) mass is 401 g/mol. The molecule has 5 heteroatoms. The van der Waals surface area contributed by atoms with Crippen molar-refractivity contribution in [1.29, 1.82) is 0 Å². The van der Waals surface area contributed by atoms with E-state index >= 15 is 0 Å². The van der Waals surface area contributed by atoms with Crippen molar-refractivity contribution in [3.8, 4) is 0 Å². The van der Waals surface area contributed by atoms with Gasteiger partial charge in [0.25, 0.3) is 0 Å². The summed E-state index contributed by atoms with van der Waals surface area (Å²) >= 11 is 7.17. The Balaban J connectivity index is 1.50. The smallest absolute Gasteiger partial charge is 0.230 e. The van der Waals surface area contributed by atoms with Crippen molar-refractivity contribution in [3.63, 3.8) is 0 Å². The lowest BCUT2D eigenvalue weighted by atomic mass is 10.0. The highest BCUT2D eigenvalue weighted by molar-refractivity contribution is 9.10. The van der Waals surface area contributed by atoms with E-state index < -0.39 is 0 Å². The number of halogens is 1. The molecule has 22 heavy (non-hydrogen) atoms. The number of rotatable bonds is 8. The van der Waals surface area contributed by atoms with Crippen LogP contribution in [0.3, 0.4) is 0 Å². The third kappa shape index (κ3) is 7.42. The average Bonchev–Trinajstić information content (AvgIpc) is 2.53. The van der Waals surface area contributed by atoms with Crippen molar-refractivity contribution in [3.05, 3.63) is 34.3 Å². The average molecular weight is 402 g/mol. The summed E-state index contributed by atoms with van der Waals surface area (Å²) in [6.45, 7) is 0.803. The van der Waals surface area contributed by atoms with Gasteiger partial charge in [-0.15, -0.1) is 11.8 Å². The maximum absolute atomic E-state index is 11.8. The largest absolute Gasteiger partial charge is 0.355 e. The molecular formula is C17H24BrNOS2. The summed E-state index contributed by atoms with van der Waals surface area (Å²) in [6.07, 6.45) is 6.90. The second kappa shape index (κ2) is 10.6. The normalized spacial score (nSPS) is 15.7. The minimum Gasteiger partial charge on any atom is -0.355 e. The van der Waals surface area contributed by atoms with Crippen LogP contribution in [-0.2, 0) is 10.5 Å². The molecule has 1 aromatic carbocycles. The molecule has 0 atom stereocenters. The first-order valence-corrected chi connectivity index (χ1v) is 10.9. The van der Waals surface area contributed by atoms with E-state index in [0.717, 1.165) is 27.8 Å². The number of hydrogen-bond acceptors (Lipinski definition) is 3. The highest BCUT2D eigenvalue weighted by atomic mass is 79.9. The molecular weight excluding hydrogens is 378 g/mol. The van der Waals surface area contributed by atoms with Gasteiger partial charge >= 0.3 is 0 Å². The van der Waals surface area contributed by atoms with Crippen LogP contribution >= 0.6 is 39.5 Å². The summed E-state index contributed by atoms with van der Waals surface area (Å²) in [5.41, 5.74) is 1.25. The molecule has 122 valence electrons. The highest BCUT2D eigenvalue weighted by Gasteiger charge is 2.13. The van der Waals surface area contributed by atoms with Gasteiger partial charge in [0.05, 0.1) is 5.75 Å². The standard InChI is InChI=1S/C17H24BrNOS2/c18-15-6-4-5-14(11-15)12-21-13-17(20)19-9-10-22-16-7-2-1-3-8-16/h4-6,11,16H,1-3,7-10,12-13H2,(H,19,20). The number of carbonyl (C=O) groups excluding carboxylic acids is 1. The SMILES string of the molecule is O=C(CSCc1cccc(Br)c1)NCCSC1CCCCC1. The van der Waals surface area contributed by atoms with Gasteiger partial charge in [-0.3, -0.25) is 4.79 Å². The predicted octanol–water partition coefficient (Wildman–Crippen LogP) is 4.86. The lowest BCUT2D eigenvalue weighted by molar-refractivity contribution is -0.118. The molecule has 0 radical (unpaired) electrons. The highest BCUT2D eigenvalue weighted by Crippen LogP contribution is 2.27. The van der Waals surface area contributed by atoms with Gasteiger partial charge < -0.3 is 5.32 Å². The van der Waals surface area contributed by atoms with Crippen molar-refractivity contribution in [2.24, 2.45) is 0 Å². The Morgan fingerprint density at radius 1 is 1.27 bits per heavy atom. The maximum atomic E-state index is 11.8. The quantitative estimate of drug-likeness (QED) is 0.630. The van der Waals surface area contributed by atoms with E-state index in [1.807, 2.05) is 23.9 Å². The zero-order chi connectivity index (χ0) is 15.6. The first-order valence-electron chi connectivity index (χ1n) is 7.94. The fourth-order valence-corrected chi connectivity index (χ4v) is 5.06. The number of thioether (sulfide) groups is 2. The van der Waals surface area contributed by atoms with Crippen LogP contribution in [0.25, 0.3) is 0 Å². The molecule has 1 fully saturated rings. The van der Waals surface area contributed by atoms with Crippen LogP contribution in [0, 0.1) is 0 Å². The first-order chi connectivity index (χ1) is 10.7. The van der Waals surface area contributed by atoms with Crippen LogP contribution in [0.4, 0.5) is 0 Å². The lowest BCUT2D eigenvalue weighted by Gasteiger charge is -2.20. The molecule has 1 amide bonds. The summed E-state index contributed by atoms with van der Waals surface area (Å²) in [5.74, 6) is 2.63. The van der Waals surface area contributed by atoms with E-state index in [0.29, 0.717) is 5.75 Å². The number of amides is 1. The van der Waals surface area contributed by atoms with Crippen LogP contribution < -0.4 is 5.32 Å². The van der Waals surface area contributed by atoms with Crippen molar-refractivity contribution in [1.82, 2.24) is 5.32 Å². The molecule has 0 spiro atoms. The molecule has 0 unspecified atom stereocenters.